The van der Waals surface area contributed by atoms with Gasteiger partial charge in [-0.2, -0.15) is 13.2 Å². The van der Waals surface area contributed by atoms with Gasteiger partial charge in [0, 0.05) is 41.2 Å². The molecule has 0 aliphatic carbocycles. The Balaban J connectivity index is 1.93. The molecule has 6 nitrogen and oxygen atoms in total. The quantitative estimate of drug-likeness (QED) is 0.243. The number of fused-ring (bicyclic) bond motifs is 1. The summed E-state index contributed by atoms with van der Waals surface area (Å²) in [6.45, 7) is 0.356. The van der Waals surface area contributed by atoms with Crippen LogP contribution in [-0.2, 0) is 6.18 Å². The molecule has 2 aromatic heterocycles. The van der Waals surface area contributed by atoms with Crippen molar-refractivity contribution in [1.29, 1.82) is 0 Å². The summed E-state index contributed by atoms with van der Waals surface area (Å²) < 4.78 is 74.1. The Hall–Kier alpha value is -2.64. The zero-order valence-electron chi connectivity index (χ0n) is 14.3. The minimum absolute atomic E-state index is 0.152. The number of H-pyrrole nitrogens is 1. The number of hydrogen-bond acceptors (Lipinski definition) is 3. The summed E-state index contributed by atoms with van der Waals surface area (Å²) in [6.07, 6.45) is -2.90. The van der Waals surface area contributed by atoms with Gasteiger partial charge in [0.1, 0.15) is 11.4 Å². The average Bonchev–Trinajstić information content (AvgIpc) is 3.08. The molecule has 0 aliphatic heterocycles. The van der Waals surface area contributed by atoms with Crippen molar-refractivity contribution >= 4 is 45.3 Å². The van der Waals surface area contributed by atoms with E-state index in [2.05, 4.69) is 20.6 Å². The molecule has 0 aliphatic rings. The molecular weight excluding hydrogens is 514 g/mol. The highest BCUT2D eigenvalue weighted by molar-refractivity contribution is 14.1. The number of carbonyl (C=O) groups is 1. The normalized spacial score (nSPS) is 11.5. The van der Waals surface area contributed by atoms with E-state index in [-0.39, 0.29) is 11.3 Å². The second kappa shape index (κ2) is 8.39. The molecule has 0 saturated heterocycles. The van der Waals surface area contributed by atoms with Crippen molar-refractivity contribution in [3.05, 3.63) is 47.8 Å². The summed E-state index contributed by atoms with van der Waals surface area (Å²) in [4.78, 5) is 17.7. The summed E-state index contributed by atoms with van der Waals surface area (Å²) in [6, 6.07) is 1.99. The van der Waals surface area contributed by atoms with Crippen LogP contribution in [0.4, 0.5) is 32.4 Å². The van der Waals surface area contributed by atoms with Crippen LogP contribution in [0.1, 0.15) is 5.56 Å². The van der Waals surface area contributed by atoms with Gasteiger partial charge in [-0.15, -0.1) is 0 Å². The lowest BCUT2D eigenvalue weighted by Crippen LogP contribution is -2.30. The Morgan fingerprint density at radius 1 is 1.24 bits per heavy atom. The predicted octanol–water partition coefficient (Wildman–Crippen LogP) is 5.21. The zero-order chi connectivity index (χ0) is 21.2. The number of halogens is 6. The summed E-state index contributed by atoms with van der Waals surface area (Å²) in [5, 5.41) is 4.25. The molecule has 0 saturated carbocycles. The number of nitrogens with one attached hydrogen (secondary N) is 3. The minimum Gasteiger partial charge on any atom is -0.450 e. The molecule has 3 aromatic rings. The van der Waals surface area contributed by atoms with E-state index in [0.717, 1.165) is 24.4 Å². The van der Waals surface area contributed by atoms with Crippen molar-refractivity contribution in [2.24, 2.45) is 0 Å². The Labute approximate surface area is 174 Å². The van der Waals surface area contributed by atoms with E-state index >= 15 is 0 Å². The number of carbonyl (C=O) groups excluding carboxylic acids is 1. The highest BCUT2D eigenvalue weighted by Gasteiger charge is 2.35. The van der Waals surface area contributed by atoms with Gasteiger partial charge in [0.05, 0.1) is 10.9 Å². The molecule has 12 heteroatoms. The van der Waals surface area contributed by atoms with Gasteiger partial charge in [-0.25, -0.2) is 18.6 Å². The number of amides is 2. The molecule has 0 unspecified atom stereocenters. The third-order valence-corrected chi connectivity index (χ3v) is 4.23. The number of anilines is 1. The second-order valence-corrected chi connectivity index (χ2v) is 6.75. The van der Waals surface area contributed by atoms with Gasteiger partial charge < -0.3 is 20.4 Å². The van der Waals surface area contributed by atoms with Crippen LogP contribution in [0.5, 0.6) is 11.5 Å². The Morgan fingerprint density at radius 2 is 1.93 bits per heavy atom. The van der Waals surface area contributed by atoms with Gasteiger partial charge in [-0.1, -0.05) is 22.6 Å². The van der Waals surface area contributed by atoms with E-state index < -0.39 is 46.3 Å². The first-order chi connectivity index (χ1) is 13.7. The van der Waals surface area contributed by atoms with E-state index in [0.29, 0.717) is 17.2 Å². The summed E-state index contributed by atoms with van der Waals surface area (Å²) in [7, 11) is 0. The lowest BCUT2D eigenvalue weighted by atomic mass is 10.2. The number of benzene rings is 1. The monoisotopic (exact) mass is 526 g/mol. The average molecular weight is 526 g/mol. The number of nitrogens with zero attached hydrogens (tertiary/aromatic N) is 1. The Bertz CT molecular complexity index is 1030. The number of aromatic nitrogens is 2. The van der Waals surface area contributed by atoms with Gasteiger partial charge >= 0.3 is 12.2 Å². The van der Waals surface area contributed by atoms with Gasteiger partial charge in [-0.05, 0) is 6.07 Å². The fourth-order valence-corrected chi connectivity index (χ4v) is 2.78. The van der Waals surface area contributed by atoms with Gasteiger partial charge in [0.2, 0.25) is 0 Å². The van der Waals surface area contributed by atoms with Crippen molar-refractivity contribution in [3.63, 3.8) is 0 Å². The van der Waals surface area contributed by atoms with Crippen molar-refractivity contribution in [3.8, 4) is 11.5 Å². The van der Waals surface area contributed by atoms with Gasteiger partial charge in [0.25, 0.3) is 0 Å². The van der Waals surface area contributed by atoms with E-state index in [4.69, 9.17) is 4.74 Å². The van der Waals surface area contributed by atoms with E-state index in [1.54, 1.807) is 0 Å². The van der Waals surface area contributed by atoms with E-state index in [1.807, 2.05) is 22.6 Å². The predicted molar refractivity (Wildman–Crippen MR) is 103 cm³/mol. The third kappa shape index (κ3) is 4.68. The molecule has 2 amide bonds. The SMILES string of the molecule is O=C(NCCI)Nc1cc(F)c(Oc2ccnc3[nH]cc(C(F)(F)F)c23)c(F)c1. The lowest BCUT2D eigenvalue weighted by Gasteiger charge is -2.13. The zero-order valence-corrected chi connectivity index (χ0v) is 16.5. The molecule has 154 valence electrons. The van der Waals surface area contributed by atoms with Crippen LogP contribution in [0.3, 0.4) is 0 Å². The number of alkyl halides is 4. The topological polar surface area (TPSA) is 79.0 Å². The van der Waals surface area contributed by atoms with Crippen molar-refractivity contribution in [1.82, 2.24) is 15.3 Å². The fraction of sp³-hybridized carbons (Fsp3) is 0.176. The summed E-state index contributed by atoms with van der Waals surface area (Å²) in [5.41, 5.74) is -1.42. The fourth-order valence-electron chi connectivity index (χ4n) is 2.51. The summed E-state index contributed by atoms with van der Waals surface area (Å²) >= 11 is 2.03. The number of hydrogen-bond donors (Lipinski definition) is 3. The highest BCUT2D eigenvalue weighted by Crippen LogP contribution is 2.40. The van der Waals surface area contributed by atoms with E-state index in [1.165, 1.54) is 0 Å². The minimum atomic E-state index is -4.73. The molecule has 29 heavy (non-hydrogen) atoms. The molecule has 0 atom stereocenters. The van der Waals surface area contributed by atoms with Crippen molar-refractivity contribution in [2.75, 3.05) is 16.3 Å². The van der Waals surface area contributed by atoms with Gasteiger partial charge in [-0.3, -0.25) is 0 Å². The van der Waals surface area contributed by atoms with Crippen LogP contribution in [0, 0.1) is 11.6 Å². The molecule has 1 aromatic carbocycles. The first kappa shape index (κ1) is 21.1. The van der Waals surface area contributed by atoms with Crippen LogP contribution in [0.15, 0.2) is 30.6 Å². The third-order valence-electron chi connectivity index (χ3n) is 3.69. The molecule has 3 N–H and O–H groups in total. The molecule has 0 fully saturated rings. The van der Waals surface area contributed by atoms with Crippen LogP contribution in [-0.4, -0.2) is 27.0 Å². The molecule has 0 radical (unpaired) electrons. The van der Waals surface area contributed by atoms with Crippen LogP contribution < -0.4 is 15.4 Å². The Morgan fingerprint density at radius 3 is 2.55 bits per heavy atom. The summed E-state index contributed by atoms with van der Waals surface area (Å²) in [5.74, 6) is -3.75. The van der Waals surface area contributed by atoms with Crippen LogP contribution in [0.25, 0.3) is 11.0 Å². The first-order valence-corrected chi connectivity index (χ1v) is 9.54. The number of urea groups is 1. The molecular formula is C17H12F5IN4O2. The van der Waals surface area contributed by atoms with Crippen molar-refractivity contribution in [2.45, 2.75) is 6.18 Å². The second-order valence-electron chi connectivity index (χ2n) is 5.67. The molecule has 2 heterocycles. The number of pyridine rings is 1. The van der Waals surface area contributed by atoms with Crippen molar-refractivity contribution < 1.29 is 31.5 Å². The smallest absolute Gasteiger partial charge is 0.418 e. The van der Waals surface area contributed by atoms with Gasteiger partial charge in [0.15, 0.2) is 17.4 Å². The van der Waals surface area contributed by atoms with Crippen LogP contribution >= 0.6 is 22.6 Å². The lowest BCUT2D eigenvalue weighted by molar-refractivity contribution is -0.136. The molecule has 0 bridgehead atoms. The maximum atomic E-state index is 14.4. The largest absolute Gasteiger partial charge is 0.450 e. The first-order valence-electron chi connectivity index (χ1n) is 8.01. The maximum absolute atomic E-state index is 14.4. The molecule has 0 spiro atoms. The number of aromatic amines is 1. The number of rotatable bonds is 5. The maximum Gasteiger partial charge on any atom is 0.418 e. The molecule has 3 rings (SSSR count). The highest BCUT2D eigenvalue weighted by atomic mass is 127. The Kier molecular flexibility index (Phi) is 6.10. The number of ether oxygens (including phenoxy) is 1. The van der Waals surface area contributed by atoms with E-state index in [9.17, 15) is 26.7 Å². The van der Waals surface area contributed by atoms with Crippen LogP contribution in [0.2, 0.25) is 0 Å². The standard InChI is InChI=1S/C17H12F5IN4O2/c18-10-5-8(27-16(28)25-4-2-23)6-11(19)14(10)29-12-1-3-24-15-13(12)9(7-26-15)17(20,21)22/h1,3,5-7H,2,4H2,(H,24,26)(H2,25,27,28).